The Labute approximate surface area is 124 Å². The van der Waals surface area contributed by atoms with E-state index in [0.29, 0.717) is 10.6 Å². The number of carbonyl (C=O) groups is 1. The van der Waals surface area contributed by atoms with Crippen molar-refractivity contribution in [1.29, 1.82) is 0 Å². The van der Waals surface area contributed by atoms with Gasteiger partial charge in [-0.2, -0.15) is 4.73 Å². The van der Waals surface area contributed by atoms with Crippen molar-refractivity contribution in [2.45, 2.75) is 17.2 Å². The van der Waals surface area contributed by atoms with Gasteiger partial charge in [0.25, 0.3) is 5.03 Å². The van der Waals surface area contributed by atoms with E-state index in [4.69, 9.17) is 0 Å². The van der Waals surface area contributed by atoms with Crippen LogP contribution in [0.4, 0.5) is 0 Å². The summed E-state index contributed by atoms with van der Waals surface area (Å²) in [6.45, 7) is 1.81. The number of pyridine rings is 1. The minimum atomic E-state index is -0.302. The van der Waals surface area contributed by atoms with Crippen molar-refractivity contribution >= 4 is 33.5 Å². The van der Waals surface area contributed by atoms with Crippen molar-refractivity contribution in [2.75, 3.05) is 0 Å². The van der Waals surface area contributed by atoms with Gasteiger partial charge in [-0.15, -0.1) is 0 Å². The minimum absolute atomic E-state index is 0.0151. The molecule has 0 saturated heterocycles. The number of benzene rings is 1. The van der Waals surface area contributed by atoms with E-state index in [1.165, 1.54) is 18.0 Å². The van der Waals surface area contributed by atoms with E-state index < -0.39 is 0 Å². The summed E-state index contributed by atoms with van der Waals surface area (Å²) >= 11 is 4.60. The maximum atomic E-state index is 12.2. The Morgan fingerprint density at radius 1 is 1.26 bits per heavy atom. The molecule has 0 spiro atoms. The molecule has 19 heavy (non-hydrogen) atoms. The molecule has 5 heteroatoms. The number of thioether (sulfide) groups is 1. The third-order valence-electron chi connectivity index (χ3n) is 2.58. The van der Waals surface area contributed by atoms with Crippen molar-refractivity contribution in [1.82, 2.24) is 0 Å². The highest BCUT2D eigenvalue weighted by atomic mass is 79.9. The van der Waals surface area contributed by atoms with E-state index in [9.17, 15) is 10.0 Å². The Morgan fingerprint density at radius 2 is 1.95 bits per heavy atom. The lowest BCUT2D eigenvalue weighted by atomic mass is 10.1. The number of hydrogen-bond donors (Lipinski definition) is 0. The van der Waals surface area contributed by atoms with Gasteiger partial charge in [0.2, 0.25) is 0 Å². The van der Waals surface area contributed by atoms with Crippen LogP contribution < -0.4 is 4.73 Å². The van der Waals surface area contributed by atoms with E-state index in [1.807, 2.05) is 19.1 Å². The quantitative estimate of drug-likeness (QED) is 0.371. The third kappa shape index (κ3) is 3.58. The number of Topliss-reactive ketones (excluding diaryl/α,β-unsaturated/α-hetero) is 1. The molecule has 98 valence electrons. The first-order chi connectivity index (χ1) is 9.08. The van der Waals surface area contributed by atoms with Gasteiger partial charge in [-0.25, -0.2) is 0 Å². The van der Waals surface area contributed by atoms with Gasteiger partial charge in [0.05, 0.1) is 5.25 Å². The summed E-state index contributed by atoms with van der Waals surface area (Å²) in [7, 11) is 0. The van der Waals surface area contributed by atoms with Gasteiger partial charge in [0.15, 0.2) is 12.0 Å². The predicted octanol–water partition coefficient (Wildman–Crippen LogP) is 3.45. The fraction of sp³-hybridized carbons (Fsp3) is 0.143. The molecule has 0 aliphatic rings. The molecule has 0 radical (unpaired) electrons. The van der Waals surface area contributed by atoms with Gasteiger partial charge >= 0.3 is 0 Å². The normalized spacial score (nSPS) is 12.1. The van der Waals surface area contributed by atoms with Crippen molar-refractivity contribution in [3.63, 3.8) is 0 Å². The third-order valence-corrected chi connectivity index (χ3v) is 4.24. The molecule has 2 aromatic rings. The summed E-state index contributed by atoms with van der Waals surface area (Å²) in [5, 5.41) is 11.8. The molecular weight excluding hydrogens is 326 g/mol. The Hall–Kier alpha value is -1.33. The number of carbonyl (C=O) groups excluding carboxylic acids is 1. The van der Waals surface area contributed by atoms with Crippen LogP contribution in [0.3, 0.4) is 0 Å². The largest absolute Gasteiger partial charge is 0.618 e. The number of rotatable bonds is 4. The standard InChI is InChI=1S/C14H12BrNO2S/c1-10(19-13-4-2-3-9-16(13)18)14(17)11-5-7-12(15)8-6-11/h2-10H,1H3/t10-/m1/s1. The zero-order chi connectivity index (χ0) is 13.8. The van der Waals surface area contributed by atoms with Crippen molar-refractivity contribution in [3.05, 3.63) is 63.9 Å². The highest BCUT2D eigenvalue weighted by Crippen LogP contribution is 2.23. The first kappa shape index (κ1) is 14.1. The zero-order valence-electron chi connectivity index (χ0n) is 10.2. The molecule has 0 aliphatic carbocycles. The van der Waals surface area contributed by atoms with Gasteiger partial charge in [0.1, 0.15) is 0 Å². The molecule has 1 atom stereocenters. The van der Waals surface area contributed by atoms with Gasteiger partial charge in [-0.1, -0.05) is 28.1 Å². The Balaban J connectivity index is 2.12. The average Bonchev–Trinajstić information content (AvgIpc) is 2.41. The molecule has 3 nitrogen and oxygen atoms in total. The molecule has 0 fully saturated rings. The molecular formula is C14H12BrNO2S. The molecule has 0 saturated carbocycles. The smallest absolute Gasteiger partial charge is 0.252 e. The Morgan fingerprint density at radius 3 is 2.58 bits per heavy atom. The zero-order valence-corrected chi connectivity index (χ0v) is 12.6. The maximum absolute atomic E-state index is 12.2. The SMILES string of the molecule is C[C@@H](Sc1cccc[n+]1[O-])C(=O)c1ccc(Br)cc1. The van der Waals surface area contributed by atoms with Crippen LogP contribution in [0.1, 0.15) is 17.3 Å². The van der Waals surface area contributed by atoms with E-state index in [0.717, 1.165) is 9.20 Å². The van der Waals surface area contributed by atoms with Crippen molar-refractivity contribution in [3.8, 4) is 0 Å². The number of ketones is 1. The molecule has 0 amide bonds. The average molecular weight is 338 g/mol. The maximum Gasteiger partial charge on any atom is 0.252 e. The molecule has 1 heterocycles. The lowest BCUT2D eigenvalue weighted by molar-refractivity contribution is -0.645. The highest BCUT2D eigenvalue weighted by Gasteiger charge is 2.19. The highest BCUT2D eigenvalue weighted by molar-refractivity contribution is 9.10. The van der Waals surface area contributed by atoms with Crippen LogP contribution in [-0.4, -0.2) is 11.0 Å². The van der Waals surface area contributed by atoms with Crippen molar-refractivity contribution in [2.24, 2.45) is 0 Å². The van der Waals surface area contributed by atoms with Crippen LogP contribution in [0.2, 0.25) is 0 Å². The van der Waals surface area contributed by atoms with Crippen LogP contribution in [0.15, 0.2) is 58.2 Å². The summed E-state index contributed by atoms with van der Waals surface area (Å²) < 4.78 is 1.71. The number of hydrogen-bond acceptors (Lipinski definition) is 3. The first-order valence-corrected chi connectivity index (χ1v) is 7.40. The second-order valence-corrected chi connectivity index (χ2v) is 6.27. The minimum Gasteiger partial charge on any atom is -0.618 e. The molecule has 0 N–H and O–H groups in total. The lowest BCUT2D eigenvalue weighted by Gasteiger charge is -2.10. The number of nitrogens with zero attached hydrogens (tertiary/aromatic N) is 1. The first-order valence-electron chi connectivity index (χ1n) is 5.72. The second-order valence-electron chi connectivity index (χ2n) is 4.00. The van der Waals surface area contributed by atoms with Crippen LogP contribution in [0.5, 0.6) is 0 Å². The van der Waals surface area contributed by atoms with Crippen LogP contribution >= 0.6 is 27.7 Å². The molecule has 0 aliphatic heterocycles. The molecule has 0 unspecified atom stereocenters. The van der Waals surface area contributed by atoms with Crippen LogP contribution in [0.25, 0.3) is 0 Å². The van der Waals surface area contributed by atoms with E-state index in [1.54, 1.807) is 30.3 Å². The lowest BCUT2D eigenvalue weighted by Crippen LogP contribution is -2.29. The second kappa shape index (κ2) is 6.21. The van der Waals surface area contributed by atoms with Gasteiger partial charge in [-0.3, -0.25) is 4.79 Å². The summed E-state index contributed by atoms with van der Waals surface area (Å²) in [6.07, 6.45) is 1.43. The monoisotopic (exact) mass is 337 g/mol. The van der Waals surface area contributed by atoms with Gasteiger partial charge < -0.3 is 5.21 Å². The van der Waals surface area contributed by atoms with E-state index in [-0.39, 0.29) is 11.0 Å². The van der Waals surface area contributed by atoms with Crippen LogP contribution in [-0.2, 0) is 0 Å². The summed E-state index contributed by atoms with van der Waals surface area (Å²) in [5.74, 6) is 0.0151. The van der Waals surface area contributed by atoms with Gasteiger partial charge in [0, 0.05) is 22.2 Å². The fourth-order valence-corrected chi connectivity index (χ4v) is 2.78. The summed E-state index contributed by atoms with van der Waals surface area (Å²) in [6, 6.07) is 12.4. The number of halogens is 1. The Bertz CT molecular complexity index is 586. The van der Waals surface area contributed by atoms with Crippen molar-refractivity contribution < 1.29 is 9.52 Å². The van der Waals surface area contributed by atoms with Crippen LogP contribution in [0, 0.1) is 5.21 Å². The topological polar surface area (TPSA) is 44.0 Å². The van der Waals surface area contributed by atoms with Gasteiger partial charge in [-0.05, 0) is 36.9 Å². The number of aromatic nitrogens is 1. The molecule has 1 aromatic carbocycles. The van der Waals surface area contributed by atoms with E-state index in [2.05, 4.69) is 15.9 Å². The molecule has 0 bridgehead atoms. The predicted molar refractivity (Wildman–Crippen MR) is 79.2 cm³/mol. The fourth-order valence-electron chi connectivity index (χ4n) is 1.59. The molecule has 1 aromatic heterocycles. The summed E-state index contributed by atoms with van der Waals surface area (Å²) in [4.78, 5) is 12.2. The Kier molecular flexibility index (Phi) is 4.61. The van der Waals surface area contributed by atoms with E-state index >= 15 is 0 Å². The summed E-state index contributed by atoms with van der Waals surface area (Å²) in [5.41, 5.74) is 0.650. The molecule has 2 rings (SSSR count).